The van der Waals surface area contributed by atoms with Crippen LogP contribution >= 0.6 is 11.8 Å². The molecule has 0 aliphatic carbocycles. The summed E-state index contributed by atoms with van der Waals surface area (Å²) in [4.78, 5) is 0. The van der Waals surface area contributed by atoms with Gasteiger partial charge in [-0.3, -0.25) is 0 Å². The number of aromatic nitrogens is 4. The molecule has 1 aromatic carbocycles. The molecular formula is C12H15N5S. The summed E-state index contributed by atoms with van der Waals surface area (Å²) in [6.45, 7) is 2.28. The van der Waals surface area contributed by atoms with Crippen LogP contribution in [0.2, 0.25) is 0 Å². The predicted molar refractivity (Wildman–Crippen MR) is 73.1 cm³/mol. The lowest BCUT2D eigenvalue weighted by Gasteiger charge is -2.13. The number of hydrogen-bond acceptors (Lipinski definition) is 5. The van der Waals surface area contributed by atoms with Gasteiger partial charge in [-0.05, 0) is 35.0 Å². The maximum Gasteiger partial charge on any atom is 0.143 e. The topological polar surface area (TPSA) is 55.6 Å². The summed E-state index contributed by atoms with van der Waals surface area (Å²) in [7, 11) is 0. The predicted octanol–water partition coefficient (Wildman–Crippen LogP) is 1.97. The highest BCUT2D eigenvalue weighted by molar-refractivity contribution is 8.00. The van der Waals surface area contributed by atoms with Crippen molar-refractivity contribution in [2.45, 2.75) is 24.6 Å². The maximum absolute atomic E-state index is 3.90. The average Bonchev–Trinajstić information content (AvgIpc) is 3.01. The molecule has 1 saturated heterocycles. The molecule has 0 spiro atoms. The molecule has 18 heavy (non-hydrogen) atoms. The van der Waals surface area contributed by atoms with Crippen LogP contribution in [0.25, 0.3) is 5.69 Å². The van der Waals surface area contributed by atoms with E-state index in [1.807, 2.05) is 23.9 Å². The second-order valence-corrected chi connectivity index (χ2v) is 6.00. The van der Waals surface area contributed by atoms with E-state index in [0.29, 0.717) is 6.04 Å². The van der Waals surface area contributed by atoms with Crippen molar-refractivity contribution in [2.75, 3.05) is 11.1 Å². The fraction of sp³-hybridized carbons (Fsp3) is 0.417. The summed E-state index contributed by atoms with van der Waals surface area (Å²) in [5.74, 6) is 1.18. The van der Waals surface area contributed by atoms with E-state index >= 15 is 0 Å². The molecule has 2 unspecified atom stereocenters. The van der Waals surface area contributed by atoms with Crippen LogP contribution in [-0.4, -0.2) is 37.3 Å². The van der Waals surface area contributed by atoms with Gasteiger partial charge in [-0.2, -0.15) is 11.8 Å². The summed E-state index contributed by atoms with van der Waals surface area (Å²) >= 11 is 2.03. The first-order valence-electron chi connectivity index (χ1n) is 6.03. The molecule has 3 rings (SSSR count). The van der Waals surface area contributed by atoms with Crippen molar-refractivity contribution in [2.24, 2.45) is 0 Å². The number of benzene rings is 1. The number of nitrogens with zero attached hydrogens (tertiary/aromatic N) is 4. The van der Waals surface area contributed by atoms with Gasteiger partial charge in [-0.1, -0.05) is 13.0 Å². The first-order valence-corrected chi connectivity index (χ1v) is 7.08. The van der Waals surface area contributed by atoms with Gasteiger partial charge in [0.05, 0.1) is 5.69 Å². The molecule has 94 valence electrons. The van der Waals surface area contributed by atoms with E-state index < -0.39 is 0 Å². The number of thioether (sulfide) groups is 1. The van der Waals surface area contributed by atoms with Gasteiger partial charge in [-0.25, -0.2) is 4.68 Å². The van der Waals surface area contributed by atoms with E-state index in [0.717, 1.165) is 16.6 Å². The molecule has 1 aliphatic heterocycles. The highest BCUT2D eigenvalue weighted by Crippen LogP contribution is 2.28. The van der Waals surface area contributed by atoms with Crippen LogP contribution in [-0.2, 0) is 0 Å². The molecular weight excluding hydrogens is 246 g/mol. The van der Waals surface area contributed by atoms with Crippen LogP contribution in [0, 0.1) is 0 Å². The van der Waals surface area contributed by atoms with E-state index in [4.69, 9.17) is 0 Å². The van der Waals surface area contributed by atoms with Crippen LogP contribution in [0.4, 0.5) is 5.69 Å². The third-order valence-electron chi connectivity index (χ3n) is 3.03. The third kappa shape index (κ3) is 2.48. The van der Waals surface area contributed by atoms with Crippen LogP contribution in [0.5, 0.6) is 0 Å². The summed E-state index contributed by atoms with van der Waals surface area (Å²) < 4.78 is 1.66. The number of hydrogen-bond donors (Lipinski definition) is 1. The smallest absolute Gasteiger partial charge is 0.143 e. The second-order valence-electron chi connectivity index (χ2n) is 4.53. The Morgan fingerprint density at radius 2 is 2.39 bits per heavy atom. The minimum Gasteiger partial charge on any atom is -0.381 e. The van der Waals surface area contributed by atoms with E-state index in [-0.39, 0.29) is 0 Å². The molecule has 2 aromatic rings. The van der Waals surface area contributed by atoms with Crippen molar-refractivity contribution < 1.29 is 0 Å². The normalized spacial score (nSPS) is 23.2. The Morgan fingerprint density at radius 1 is 1.44 bits per heavy atom. The Bertz CT molecular complexity index is 513. The fourth-order valence-corrected chi connectivity index (χ4v) is 3.32. The summed E-state index contributed by atoms with van der Waals surface area (Å²) in [5.41, 5.74) is 2.10. The van der Waals surface area contributed by atoms with Gasteiger partial charge in [0.1, 0.15) is 6.33 Å². The van der Waals surface area contributed by atoms with Gasteiger partial charge in [0.25, 0.3) is 0 Å². The number of anilines is 1. The second kappa shape index (κ2) is 4.97. The molecule has 5 nitrogen and oxygen atoms in total. The molecule has 1 aliphatic rings. The first kappa shape index (κ1) is 11.5. The average molecular weight is 261 g/mol. The Hall–Kier alpha value is -1.56. The largest absolute Gasteiger partial charge is 0.381 e. The van der Waals surface area contributed by atoms with Crippen LogP contribution < -0.4 is 5.32 Å². The molecule has 0 radical (unpaired) electrons. The quantitative estimate of drug-likeness (QED) is 0.915. The first-order chi connectivity index (χ1) is 8.81. The summed E-state index contributed by atoms with van der Waals surface area (Å²) in [6.07, 6.45) is 2.83. The van der Waals surface area contributed by atoms with Crippen LogP contribution in [0.15, 0.2) is 30.6 Å². The van der Waals surface area contributed by atoms with Crippen molar-refractivity contribution in [1.29, 1.82) is 0 Å². The number of nitrogens with one attached hydrogen (secondary N) is 1. The number of tetrazole rings is 1. The van der Waals surface area contributed by atoms with Crippen LogP contribution in [0.1, 0.15) is 13.3 Å². The zero-order valence-corrected chi connectivity index (χ0v) is 11.0. The minimum atomic E-state index is 0.564. The van der Waals surface area contributed by atoms with Gasteiger partial charge in [0.15, 0.2) is 0 Å². The maximum atomic E-state index is 3.90. The third-order valence-corrected chi connectivity index (χ3v) is 4.39. The monoisotopic (exact) mass is 261 g/mol. The van der Waals surface area contributed by atoms with Crippen molar-refractivity contribution >= 4 is 17.4 Å². The molecule has 1 aromatic heterocycles. The highest BCUT2D eigenvalue weighted by Gasteiger charge is 2.21. The van der Waals surface area contributed by atoms with Crippen molar-refractivity contribution in [3.05, 3.63) is 30.6 Å². The van der Waals surface area contributed by atoms with Gasteiger partial charge in [0, 0.05) is 22.7 Å². The van der Waals surface area contributed by atoms with E-state index in [9.17, 15) is 0 Å². The molecule has 2 heterocycles. The summed E-state index contributed by atoms with van der Waals surface area (Å²) in [6, 6.07) is 8.73. The number of rotatable bonds is 3. The van der Waals surface area contributed by atoms with E-state index in [1.54, 1.807) is 11.0 Å². The van der Waals surface area contributed by atoms with Gasteiger partial charge in [0.2, 0.25) is 0 Å². The molecule has 1 fully saturated rings. The van der Waals surface area contributed by atoms with Gasteiger partial charge < -0.3 is 5.32 Å². The Balaban J connectivity index is 1.75. The van der Waals surface area contributed by atoms with Crippen molar-refractivity contribution in [3.8, 4) is 5.69 Å². The Kier molecular flexibility index (Phi) is 3.19. The van der Waals surface area contributed by atoms with Gasteiger partial charge in [-0.15, -0.1) is 5.10 Å². The molecule has 6 heteroatoms. The molecule has 0 saturated carbocycles. The van der Waals surface area contributed by atoms with E-state index in [2.05, 4.69) is 39.9 Å². The standard InChI is InChI=1S/C12H15N5S/c1-9-5-11(7-18-9)14-10-3-2-4-12(6-10)17-8-13-15-16-17/h2-4,6,8-9,11,14H,5,7H2,1H3. The SMILES string of the molecule is CC1CC(Nc2cccc(-n3cnnn3)c2)CS1. The zero-order chi connectivity index (χ0) is 12.4. The summed E-state index contributed by atoms with van der Waals surface area (Å²) in [5, 5.41) is 15.5. The highest BCUT2D eigenvalue weighted by atomic mass is 32.2. The molecule has 0 amide bonds. The van der Waals surface area contributed by atoms with Gasteiger partial charge >= 0.3 is 0 Å². The Labute approximate surface area is 110 Å². The Morgan fingerprint density at radius 3 is 3.11 bits per heavy atom. The molecule has 1 N–H and O–H groups in total. The fourth-order valence-electron chi connectivity index (χ4n) is 2.17. The molecule has 2 atom stereocenters. The minimum absolute atomic E-state index is 0.564. The lowest BCUT2D eigenvalue weighted by Crippen LogP contribution is -2.18. The van der Waals surface area contributed by atoms with Crippen LogP contribution in [0.3, 0.4) is 0 Å². The van der Waals surface area contributed by atoms with Crippen molar-refractivity contribution in [3.63, 3.8) is 0 Å². The molecule has 0 bridgehead atoms. The zero-order valence-electron chi connectivity index (χ0n) is 10.2. The lowest BCUT2D eigenvalue weighted by molar-refractivity contribution is 0.746. The lowest BCUT2D eigenvalue weighted by atomic mass is 10.2. The van der Waals surface area contributed by atoms with Crippen molar-refractivity contribution in [1.82, 2.24) is 20.2 Å². The van der Waals surface area contributed by atoms with E-state index in [1.165, 1.54) is 12.2 Å².